The Bertz CT molecular complexity index is 408. The normalized spacial score (nSPS) is 35.2. The standard InChI is InChI=1S/C12H18N4OS/c13-9-4-7-2-1-3-8(5-9)11(7)15-12(17)10-6-14-18-16-10/h6-9,11H,1-5,13H2,(H,15,17). The lowest BCUT2D eigenvalue weighted by Gasteiger charge is -2.45. The molecule has 5 nitrogen and oxygen atoms in total. The predicted octanol–water partition coefficient (Wildman–Crippen LogP) is 1.17. The topological polar surface area (TPSA) is 80.9 Å². The monoisotopic (exact) mass is 266 g/mol. The fourth-order valence-corrected chi connectivity index (χ4v) is 3.93. The number of rotatable bonds is 2. The lowest BCUT2D eigenvalue weighted by atomic mass is 9.67. The van der Waals surface area contributed by atoms with Crippen LogP contribution in [0.3, 0.4) is 0 Å². The summed E-state index contributed by atoms with van der Waals surface area (Å²) in [6, 6.07) is 0.599. The Morgan fingerprint density at radius 3 is 2.72 bits per heavy atom. The molecule has 2 aliphatic rings. The van der Waals surface area contributed by atoms with E-state index in [1.807, 2.05) is 0 Å². The molecular formula is C12H18N4OS. The van der Waals surface area contributed by atoms with Gasteiger partial charge in [-0.05, 0) is 37.5 Å². The molecule has 1 aromatic heterocycles. The van der Waals surface area contributed by atoms with Gasteiger partial charge in [-0.25, -0.2) is 0 Å². The first-order chi connectivity index (χ1) is 8.74. The van der Waals surface area contributed by atoms with Crippen molar-refractivity contribution in [2.45, 2.75) is 44.2 Å². The van der Waals surface area contributed by atoms with E-state index >= 15 is 0 Å². The molecule has 1 amide bonds. The zero-order valence-corrected chi connectivity index (χ0v) is 11.0. The fourth-order valence-electron chi connectivity index (χ4n) is 3.51. The van der Waals surface area contributed by atoms with E-state index in [0.29, 0.717) is 23.6 Å². The highest BCUT2D eigenvalue weighted by molar-refractivity contribution is 6.99. The van der Waals surface area contributed by atoms with Gasteiger partial charge in [0.05, 0.1) is 17.9 Å². The van der Waals surface area contributed by atoms with Crippen LogP contribution in [0.25, 0.3) is 0 Å². The molecule has 3 N–H and O–H groups in total. The molecule has 0 aliphatic heterocycles. The molecule has 2 saturated carbocycles. The first-order valence-corrected chi connectivity index (χ1v) is 7.31. The summed E-state index contributed by atoms with van der Waals surface area (Å²) in [4.78, 5) is 12.0. The lowest BCUT2D eigenvalue weighted by Crippen LogP contribution is -2.53. The molecule has 6 heteroatoms. The third-order valence-corrected chi connectivity index (χ3v) is 4.75. The van der Waals surface area contributed by atoms with Crippen LogP contribution in [-0.2, 0) is 0 Å². The number of fused-ring (bicyclic) bond motifs is 2. The summed E-state index contributed by atoms with van der Waals surface area (Å²) in [5.74, 6) is 1.01. The maximum atomic E-state index is 12.0. The number of nitrogens with one attached hydrogen (secondary N) is 1. The minimum atomic E-state index is -0.0823. The second kappa shape index (κ2) is 4.93. The van der Waals surface area contributed by atoms with Crippen LogP contribution in [0.4, 0.5) is 0 Å². The largest absolute Gasteiger partial charge is 0.347 e. The summed E-state index contributed by atoms with van der Waals surface area (Å²) in [6.45, 7) is 0. The fraction of sp³-hybridized carbons (Fsp3) is 0.750. The van der Waals surface area contributed by atoms with Gasteiger partial charge in [0.1, 0.15) is 0 Å². The molecule has 1 aromatic rings. The Morgan fingerprint density at radius 2 is 2.11 bits per heavy atom. The Balaban J connectivity index is 1.70. The maximum Gasteiger partial charge on any atom is 0.272 e. The van der Waals surface area contributed by atoms with Gasteiger partial charge in [-0.15, -0.1) is 0 Å². The zero-order chi connectivity index (χ0) is 12.5. The average Bonchev–Trinajstić information content (AvgIpc) is 2.83. The number of carbonyl (C=O) groups is 1. The summed E-state index contributed by atoms with van der Waals surface area (Å²) < 4.78 is 7.85. The molecule has 3 rings (SSSR count). The molecule has 2 bridgehead atoms. The first-order valence-electron chi connectivity index (χ1n) is 6.58. The number of aromatic nitrogens is 2. The van der Waals surface area contributed by atoms with Crippen molar-refractivity contribution in [1.29, 1.82) is 0 Å². The van der Waals surface area contributed by atoms with Crippen LogP contribution in [-0.4, -0.2) is 26.7 Å². The number of nitrogens with zero attached hydrogens (tertiary/aromatic N) is 2. The molecule has 2 aliphatic carbocycles. The van der Waals surface area contributed by atoms with Gasteiger partial charge >= 0.3 is 0 Å². The van der Waals surface area contributed by atoms with Crippen molar-refractivity contribution in [2.24, 2.45) is 17.6 Å². The first kappa shape index (κ1) is 12.0. The van der Waals surface area contributed by atoms with E-state index in [4.69, 9.17) is 5.73 Å². The number of nitrogens with two attached hydrogens (primary N) is 1. The SMILES string of the molecule is NC1CC2CCCC(C1)C2NC(=O)c1cnsn1. The zero-order valence-electron chi connectivity index (χ0n) is 10.2. The summed E-state index contributed by atoms with van der Waals surface area (Å²) in [6.07, 6.45) is 7.25. The number of amides is 1. The van der Waals surface area contributed by atoms with Crippen LogP contribution >= 0.6 is 11.7 Å². The van der Waals surface area contributed by atoms with E-state index < -0.39 is 0 Å². The molecule has 1 heterocycles. The van der Waals surface area contributed by atoms with Crippen LogP contribution in [0, 0.1) is 11.8 Å². The number of hydrogen-bond donors (Lipinski definition) is 2. The van der Waals surface area contributed by atoms with Crippen molar-refractivity contribution < 1.29 is 4.79 Å². The molecule has 2 unspecified atom stereocenters. The third-order valence-electron chi connectivity index (χ3n) is 4.27. The smallest absolute Gasteiger partial charge is 0.272 e. The Morgan fingerprint density at radius 1 is 1.39 bits per heavy atom. The second-order valence-electron chi connectivity index (χ2n) is 5.47. The highest BCUT2D eigenvalue weighted by atomic mass is 32.1. The Kier molecular flexibility index (Phi) is 3.30. The lowest BCUT2D eigenvalue weighted by molar-refractivity contribution is 0.0752. The Labute approximate surface area is 110 Å². The van der Waals surface area contributed by atoms with Gasteiger partial charge < -0.3 is 11.1 Å². The van der Waals surface area contributed by atoms with Crippen molar-refractivity contribution in [1.82, 2.24) is 14.1 Å². The van der Waals surface area contributed by atoms with E-state index in [-0.39, 0.29) is 11.9 Å². The third kappa shape index (κ3) is 2.27. The minimum absolute atomic E-state index is 0.0823. The van der Waals surface area contributed by atoms with Crippen molar-refractivity contribution in [3.05, 3.63) is 11.9 Å². The van der Waals surface area contributed by atoms with Crippen molar-refractivity contribution >= 4 is 17.6 Å². The molecule has 2 atom stereocenters. The van der Waals surface area contributed by atoms with Gasteiger partial charge in [0, 0.05) is 12.1 Å². The number of carbonyl (C=O) groups excluding carboxylic acids is 1. The van der Waals surface area contributed by atoms with E-state index in [2.05, 4.69) is 14.1 Å². The molecule has 2 fully saturated rings. The minimum Gasteiger partial charge on any atom is -0.347 e. The molecule has 0 saturated heterocycles. The quantitative estimate of drug-likeness (QED) is 0.842. The molecular weight excluding hydrogens is 248 g/mol. The molecule has 0 aromatic carbocycles. The summed E-state index contributed by atoms with van der Waals surface area (Å²) in [7, 11) is 0. The summed E-state index contributed by atoms with van der Waals surface area (Å²) >= 11 is 1.07. The van der Waals surface area contributed by atoms with Crippen LogP contribution in [0.2, 0.25) is 0 Å². The molecule has 0 spiro atoms. The Hall–Kier alpha value is -1.01. The van der Waals surface area contributed by atoms with E-state index in [1.54, 1.807) is 0 Å². The molecule has 98 valence electrons. The van der Waals surface area contributed by atoms with Gasteiger partial charge in [-0.3, -0.25) is 4.79 Å². The predicted molar refractivity (Wildman–Crippen MR) is 69.2 cm³/mol. The molecule has 18 heavy (non-hydrogen) atoms. The van der Waals surface area contributed by atoms with Crippen molar-refractivity contribution in [3.8, 4) is 0 Å². The maximum absolute atomic E-state index is 12.0. The van der Waals surface area contributed by atoms with Gasteiger partial charge in [-0.1, -0.05) is 6.42 Å². The highest BCUT2D eigenvalue weighted by Crippen LogP contribution is 2.39. The summed E-state index contributed by atoms with van der Waals surface area (Å²) in [5.41, 5.74) is 6.52. The number of hydrogen-bond acceptors (Lipinski definition) is 5. The molecule has 0 radical (unpaired) electrons. The van der Waals surface area contributed by atoms with Crippen molar-refractivity contribution in [3.63, 3.8) is 0 Å². The van der Waals surface area contributed by atoms with E-state index in [9.17, 15) is 4.79 Å². The average molecular weight is 266 g/mol. The van der Waals surface area contributed by atoms with Crippen LogP contribution in [0.15, 0.2) is 6.20 Å². The summed E-state index contributed by atoms with van der Waals surface area (Å²) in [5, 5.41) is 3.15. The van der Waals surface area contributed by atoms with E-state index in [0.717, 1.165) is 24.6 Å². The highest BCUT2D eigenvalue weighted by Gasteiger charge is 2.40. The van der Waals surface area contributed by atoms with Crippen molar-refractivity contribution in [2.75, 3.05) is 0 Å². The van der Waals surface area contributed by atoms with Crippen LogP contribution in [0.5, 0.6) is 0 Å². The van der Waals surface area contributed by atoms with E-state index in [1.165, 1.54) is 25.5 Å². The van der Waals surface area contributed by atoms with Gasteiger partial charge in [0.25, 0.3) is 5.91 Å². The van der Waals surface area contributed by atoms with Crippen LogP contribution < -0.4 is 11.1 Å². The van der Waals surface area contributed by atoms with Gasteiger partial charge in [0.2, 0.25) is 0 Å². The second-order valence-corrected chi connectivity index (χ2v) is 6.03. The van der Waals surface area contributed by atoms with Gasteiger partial charge in [-0.2, -0.15) is 8.75 Å². The van der Waals surface area contributed by atoms with Gasteiger partial charge in [0.15, 0.2) is 5.69 Å². The van der Waals surface area contributed by atoms with Crippen LogP contribution in [0.1, 0.15) is 42.6 Å².